The van der Waals surface area contributed by atoms with E-state index in [-0.39, 0.29) is 0 Å². The average Bonchev–Trinajstić information content (AvgIpc) is 2.55. The van der Waals surface area contributed by atoms with Gasteiger partial charge in [-0.15, -0.1) is 0 Å². The standard InChI is InChI=1S/C10H18N2O8.C2HF3O2/c11-7(16)1-4(10(19)20)12-2-5(14)8(17)9(18)6(15)3-13;3-2(4,5)1(6)7/h4,6,8-9,12-13,15,17-18H,1-3H2,(H2,11,16)(H,19,20);(H,6,7)/t4-,6+,8+,9+;/m0./s1. The second kappa shape index (κ2) is 12.1. The maximum absolute atomic E-state index is 11.4. The van der Waals surface area contributed by atoms with Crippen LogP contribution in [0.15, 0.2) is 0 Å². The number of carboxylic acid groups (broad SMARTS) is 2. The lowest BCUT2D eigenvalue weighted by Crippen LogP contribution is -2.49. The number of aliphatic hydroxyl groups is 4. The molecule has 0 bridgehead atoms. The van der Waals surface area contributed by atoms with E-state index in [0.717, 1.165) is 0 Å². The number of nitrogens with two attached hydrogens (primary N) is 1. The van der Waals surface area contributed by atoms with E-state index in [2.05, 4.69) is 5.32 Å². The molecular formula is C12H19F3N2O10. The molecule has 0 aliphatic carbocycles. The Labute approximate surface area is 149 Å². The fraction of sp³-hybridized carbons (Fsp3) is 0.667. The third-order valence-electron chi connectivity index (χ3n) is 2.70. The quantitative estimate of drug-likeness (QED) is 0.175. The van der Waals surface area contributed by atoms with Gasteiger partial charge in [-0.05, 0) is 0 Å². The topological polar surface area (TPSA) is 228 Å². The number of halogens is 3. The van der Waals surface area contributed by atoms with Crippen LogP contribution in [0.4, 0.5) is 13.2 Å². The summed E-state index contributed by atoms with van der Waals surface area (Å²) in [6, 6.07) is -1.41. The third-order valence-corrected chi connectivity index (χ3v) is 2.70. The summed E-state index contributed by atoms with van der Waals surface area (Å²) in [6.07, 6.45) is -11.3. The molecule has 0 aliphatic rings. The maximum atomic E-state index is 11.4. The molecule has 27 heavy (non-hydrogen) atoms. The molecular weight excluding hydrogens is 389 g/mol. The van der Waals surface area contributed by atoms with Gasteiger partial charge in [0.1, 0.15) is 24.4 Å². The van der Waals surface area contributed by atoms with Gasteiger partial charge in [-0.1, -0.05) is 0 Å². The van der Waals surface area contributed by atoms with E-state index in [9.17, 15) is 37.8 Å². The predicted octanol–water partition coefficient (Wildman–Crippen LogP) is -3.82. The normalized spacial score (nSPS) is 15.5. The van der Waals surface area contributed by atoms with Gasteiger partial charge in [0.25, 0.3) is 0 Å². The molecule has 0 radical (unpaired) electrons. The number of aliphatic carboxylic acids is 2. The van der Waals surface area contributed by atoms with Crippen LogP contribution in [0.25, 0.3) is 0 Å². The van der Waals surface area contributed by atoms with Gasteiger partial charge < -0.3 is 36.4 Å². The molecule has 158 valence electrons. The molecule has 0 unspecified atom stereocenters. The first kappa shape index (κ1) is 26.9. The van der Waals surface area contributed by atoms with E-state index in [1.807, 2.05) is 0 Å². The number of carbonyl (C=O) groups is 4. The molecule has 0 aromatic heterocycles. The van der Waals surface area contributed by atoms with Gasteiger partial charge in [0.15, 0.2) is 5.78 Å². The smallest absolute Gasteiger partial charge is 0.480 e. The minimum Gasteiger partial charge on any atom is -0.480 e. The van der Waals surface area contributed by atoms with Crippen molar-refractivity contribution < 1.29 is 63.0 Å². The fourth-order valence-corrected chi connectivity index (χ4v) is 1.29. The molecule has 0 saturated carbocycles. The Morgan fingerprint density at radius 2 is 1.48 bits per heavy atom. The average molecular weight is 408 g/mol. The summed E-state index contributed by atoms with van der Waals surface area (Å²) in [7, 11) is 0. The summed E-state index contributed by atoms with van der Waals surface area (Å²) in [5.41, 5.74) is 4.83. The van der Waals surface area contributed by atoms with Gasteiger partial charge in [-0.2, -0.15) is 13.2 Å². The molecule has 0 saturated heterocycles. The van der Waals surface area contributed by atoms with Crippen molar-refractivity contribution in [2.24, 2.45) is 5.73 Å². The van der Waals surface area contributed by atoms with Crippen molar-refractivity contribution in [3.05, 3.63) is 0 Å². The lowest BCUT2D eigenvalue weighted by molar-refractivity contribution is -0.192. The highest BCUT2D eigenvalue weighted by Gasteiger charge is 2.38. The van der Waals surface area contributed by atoms with Crippen LogP contribution in [0, 0.1) is 0 Å². The number of rotatable bonds is 10. The number of aliphatic hydroxyl groups excluding tert-OH is 4. The summed E-state index contributed by atoms with van der Waals surface area (Å²) in [6.45, 7) is -1.53. The highest BCUT2D eigenvalue weighted by molar-refractivity contribution is 5.87. The largest absolute Gasteiger partial charge is 0.490 e. The van der Waals surface area contributed by atoms with E-state index >= 15 is 0 Å². The van der Waals surface area contributed by atoms with Gasteiger partial charge >= 0.3 is 18.1 Å². The Bertz CT molecular complexity index is 528. The van der Waals surface area contributed by atoms with Crippen molar-refractivity contribution in [2.45, 2.75) is 37.0 Å². The van der Waals surface area contributed by atoms with Crippen LogP contribution in [0.2, 0.25) is 0 Å². The molecule has 4 atom stereocenters. The Morgan fingerprint density at radius 1 is 1.04 bits per heavy atom. The molecule has 9 N–H and O–H groups in total. The number of alkyl halides is 3. The number of primary amides is 1. The minimum absolute atomic E-state index is 0.555. The second-order valence-electron chi connectivity index (χ2n) is 4.90. The van der Waals surface area contributed by atoms with Crippen molar-refractivity contribution in [2.75, 3.05) is 13.2 Å². The molecule has 0 aromatic rings. The van der Waals surface area contributed by atoms with Crippen LogP contribution in [-0.2, 0) is 19.2 Å². The molecule has 0 heterocycles. The Kier molecular flexibility index (Phi) is 12.1. The zero-order valence-electron chi connectivity index (χ0n) is 13.5. The molecule has 0 fully saturated rings. The minimum atomic E-state index is -5.08. The first-order valence-electron chi connectivity index (χ1n) is 6.87. The van der Waals surface area contributed by atoms with Gasteiger partial charge in [-0.25, -0.2) is 4.79 Å². The summed E-state index contributed by atoms with van der Waals surface area (Å²) >= 11 is 0. The van der Waals surface area contributed by atoms with Crippen LogP contribution in [0.3, 0.4) is 0 Å². The van der Waals surface area contributed by atoms with Gasteiger partial charge in [0.05, 0.1) is 19.6 Å². The van der Waals surface area contributed by atoms with E-state index in [1.165, 1.54) is 0 Å². The first-order valence-corrected chi connectivity index (χ1v) is 6.87. The number of carbonyl (C=O) groups excluding carboxylic acids is 2. The number of Topliss-reactive ketones (excluding diaryl/α,β-unsaturated/α-hetero) is 1. The molecule has 0 aliphatic heterocycles. The van der Waals surface area contributed by atoms with Crippen LogP contribution in [-0.4, -0.2) is 97.9 Å². The van der Waals surface area contributed by atoms with Crippen LogP contribution < -0.4 is 11.1 Å². The van der Waals surface area contributed by atoms with Crippen molar-refractivity contribution in [3.8, 4) is 0 Å². The molecule has 12 nitrogen and oxygen atoms in total. The van der Waals surface area contributed by atoms with Crippen molar-refractivity contribution in [1.82, 2.24) is 5.32 Å². The summed E-state index contributed by atoms with van der Waals surface area (Å²) in [4.78, 5) is 41.7. The summed E-state index contributed by atoms with van der Waals surface area (Å²) in [5, 5.41) is 54.3. The summed E-state index contributed by atoms with van der Waals surface area (Å²) < 4.78 is 31.7. The maximum Gasteiger partial charge on any atom is 0.490 e. The Morgan fingerprint density at radius 3 is 1.78 bits per heavy atom. The summed E-state index contributed by atoms with van der Waals surface area (Å²) in [5.74, 6) is -6.08. The number of carboxylic acids is 2. The van der Waals surface area contributed by atoms with Crippen LogP contribution in [0.5, 0.6) is 0 Å². The van der Waals surface area contributed by atoms with Crippen LogP contribution in [0.1, 0.15) is 6.42 Å². The Hall–Kier alpha value is -2.33. The third kappa shape index (κ3) is 11.8. The van der Waals surface area contributed by atoms with E-state index in [1.54, 1.807) is 0 Å². The predicted molar refractivity (Wildman–Crippen MR) is 77.0 cm³/mol. The molecule has 15 heteroatoms. The second-order valence-corrected chi connectivity index (χ2v) is 4.90. The highest BCUT2D eigenvalue weighted by Crippen LogP contribution is 2.13. The van der Waals surface area contributed by atoms with Crippen molar-refractivity contribution in [3.63, 3.8) is 0 Å². The monoisotopic (exact) mass is 408 g/mol. The molecule has 0 aromatic carbocycles. The van der Waals surface area contributed by atoms with E-state index in [0.29, 0.717) is 0 Å². The van der Waals surface area contributed by atoms with E-state index in [4.69, 9.17) is 31.0 Å². The molecule has 0 rings (SSSR count). The van der Waals surface area contributed by atoms with E-state index < -0.39 is 73.7 Å². The molecule has 0 spiro atoms. The molecule has 1 amide bonds. The number of ketones is 1. The van der Waals surface area contributed by atoms with Crippen molar-refractivity contribution in [1.29, 1.82) is 0 Å². The van der Waals surface area contributed by atoms with Crippen LogP contribution >= 0.6 is 0 Å². The zero-order chi connectivity index (χ0) is 21.9. The van der Waals surface area contributed by atoms with Crippen molar-refractivity contribution >= 4 is 23.6 Å². The first-order chi connectivity index (χ1) is 12.1. The number of amides is 1. The van der Waals surface area contributed by atoms with Gasteiger partial charge in [0, 0.05) is 0 Å². The highest BCUT2D eigenvalue weighted by atomic mass is 19.4. The number of hydrogen-bond donors (Lipinski definition) is 8. The van der Waals surface area contributed by atoms with Gasteiger partial charge in [0.2, 0.25) is 5.91 Å². The fourth-order valence-electron chi connectivity index (χ4n) is 1.29. The lowest BCUT2D eigenvalue weighted by atomic mass is 10.0. The number of nitrogens with one attached hydrogen (secondary N) is 1. The lowest BCUT2D eigenvalue weighted by Gasteiger charge is -2.21. The van der Waals surface area contributed by atoms with Gasteiger partial charge in [-0.3, -0.25) is 19.7 Å². The Balaban J connectivity index is 0. The SMILES string of the molecule is NC(=O)C[C@H](NCC(=O)[C@@H](O)[C@H](O)[C@H](O)CO)C(=O)O.O=C(O)C(F)(F)F. The number of hydrogen-bond acceptors (Lipinski definition) is 9. The zero-order valence-corrected chi connectivity index (χ0v) is 13.5.